The first-order chi connectivity index (χ1) is 4.85. The Morgan fingerprint density at radius 1 is 1.55 bits per heavy atom. The summed E-state index contributed by atoms with van der Waals surface area (Å²) in [5.41, 5.74) is 5.23. The van der Waals surface area contributed by atoms with Gasteiger partial charge in [-0.05, 0) is 0 Å². The van der Waals surface area contributed by atoms with Gasteiger partial charge in [-0.2, -0.15) is 8.42 Å². The van der Waals surface area contributed by atoms with Crippen LogP contribution in [-0.4, -0.2) is 30.0 Å². The molecule has 1 aliphatic rings. The molecule has 3 atom stereocenters. The zero-order chi connectivity index (χ0) is 8.81. The summed E-state index contributed by atoms with van der Waals surface area (Å²) in [4.78, 5) is 10.8. The molecule has 0 heterocycles. The summed E-state index contributed by atoms with van der Waals surface area (Å²) in [6.07, 6.45) is 0. The van der Waals surface area contributed by atoms with Gasteiger partial charge in [-0.1, -0.05) is 6.92 Å². The van der Waals surface area contributed by atoms with Crippen LogP contribution in [0.1, 0.15) is 6.92 Å². The number of ketones is 1. The zero-order valence-corrected chi connectivity index (χ0v) is 6.71. The lowest BCUT2D eigenvalue weighted by Gasteiger charge is -2.35. The van der Waals surface area contributed by atoms with Gasteiger partial charge in [0.05, 0.1) is 6.04 Å². The molecule has 1 rings (SSSR count). The SMILES string of the molecule is CC1C(N)C(=O)C1S(=O)(=O)O. The first-order valence-corrected chi connectivity index (χ1v) is 4.61. The van der Waals surface area contributed by atoms with E-state index in [9.17, 15) is 13.2 Å². The van der Waals surface area contributed by atoms with E-state index in [2.05, 4.69) is 0 Å². The van der Waals surface area contributed by atoms with Crippen LogP contribution >= 0.6 is 0 Å². The van der Waals surface area contributed by atoms with Crippen LogP contribution in [0, 0.1) is 5.92 Å². The van der Waals surface area contributed by atoms with Crippen molar-refractivity contribution in [2.45, 2.75) is 18.2 Å². The summed E-state index contributed by atoms with van der Waals surface area (Å²) in [6.45, 7) is 1.52. The number of Topliss-reactive ketones (excluding diaryl/α,β-unsaturated/α-hetero) is 1. The molecule has 5 nitrogen and oxygen atoms in total. The van der Waals surface area contributed by atoms with Crippen LogP contribution in [0.15, 0.2) is 0 Å². The molecular weight excluding hydrogens is 170 g/mol. The fourth-order valence-electron chi connectivity index (χ4n) is 1.20. The summed E-state index contributed by atoms with van der Waals surface area (Å²) in [5.74, 6) is -1.07. The van der Waals surface area contributed by atoms with Gasteiger partial charge in [-0.25, -0.2) is 0 Å². The van der Waals surface area contributed by atoms with Crippen molar-refractivity contribution in [3.05, 3.63) is 0 Å². The summed E-state index contributed by atoms with van der Waals surface area (Å²) in [7, 11) is -4.23. The predicted molar refractivity (Wildman–Crippen MR) is 37.5 cm³/mol. The van der Waals surface area contributed by atoms with Gasteiger partial charge in [0, 0.05) is 5.92 Å². The average molecular weight is 179 g/mol. The Morgan fingerprint density at radius 2 is 2.00 bits per heavy atom. The number of hydrogen-bond donors (Lipinski definition) is 2. The Hall–Kier alpha value is -0.460. The van der Waals surface area contributed by atoms with Crippen molar-refractivity contribution in [1.29, 1.82) is 0 Å². The molecule has 1 aliphatic carbocycles. The summed E-state index contributed by atoms with van der Waals surface area (Å²) in [6, 6.07) is -0.734. The minimum Gasteiger partial charge on any atom is -0.321 e. The third-order valence-electron chi connectivity index (χ3n) is 1.97. The van der Waals surface area contributed by atoms with Crippen molar-refractivity contribution >= 4 is 15.9 Å². The third-order valence-corrected chi connectivity index (χ3v) is 3.28. The van der Waals surface area contributed by atoms with Gasteiger partial charge in [0.2, 0.25) is 0 Å². The Morgan fingerprint density at radius 3 is 2.18 bits per heavy atom. The van der Waals surface area contributed by atoms with Gasteiger partial charge >= 0.3 is 0 Å². The number of rotatable bonds is 1. The molecule has 64 valence electrons. The summed E-state index contributed by atoms with van der Waals surface area (Å²) in [5, 5.41) is -1.29. The molecule has 0 aromatic carbocycles. The maximum atomic E-state index is 10.8. The van der Waals surface area contributed by atoms with E-state index in [1.165, 1.54) is 6.92 Å². The van der Waals surface area contributed by atoms with Gasteiger partial charge in [0.25, 0.3) is 10.1 Å². The van der Waals surface area contributed by atoms with Crippen molar-refractivity contribution < 1.29 is 17.8 Å². The van der Waals surface area contributed by atoms with Crippen molar-refractivity contribution in [2.24, 2.45) is 11.7 Å². The van der Waals surface area contributed by atoms with Crippen LogP contribution in [0.5, 0.6) is 0 Å². The quantitative estimate of drug-likeness (QED) is 0.492. The van der Waals surface area contributed by atoms with E-state index in [1.54, 1.807) is 0 Å². The minimum atomic E-state index is -4.23. The van der Waals surface area contributed by atoms with Crippen LogP contribution in [-0.2, 0) is 14.9 Å². The van der Waals surface area contributed by atoms with E-state index in [0.29, 0.717) is 0 Å². The highest BCUT2D eigenvalue weighted by Crippen LogP contribution is 2.27. The molecule has 0 aromatic rings. The van der Waals surface area contributed by atoms with Crippen LogP contribution in [0.2, 0.25) is 0 Å². The number of nitrogens with two attached hydrogens (primary N) is 1. The average Bonchev–Trinajstić information content (AvgIpc) is 1.85. The molecule has 0 radical (unpaired) electrons. The monoisotopic (exact) mass is 179 g/mol. The fraction of sp³-hybridized carbons (Fsp3) is 0.800. The van der Waals surface area contributed by atoms with Gasteiger partial charge in [-0.3, -0.25) is 9.35 Å². The summed E-state index contributed by atoms with van der Waals surface area (Å²) < 4.78 is 29.4. The van der Waals surface area contributed by atoms with Gasteiger partial charge < -0.3 is 5.73 Å². The Labute approximate surface area is 64.3 Å². The third kappa shape index (κ3) is 1.17. The molecule has 6 heteroatoms. The zero-order valence-electron chi connectivity index (χ0n) is 5.89. The van der Waals surface area contributed by atoms with Crippen molar-refractivity contribution in [2.75, 3.05) is 0 Å². The van der Waals surface area contributed by atoms with Gasteiger partial charge in [0.1, 0.15) is 0 Å². The molecule has 0 spiro atoms. The Bertz CT molecular complexity index is 283. The first-order valence-electron chi connectivity index (χ1n) is 3.11. The lowest BCUT2D eigenvalue weighted by atomic mass is 9.80. The van der Waals surface area contributed by atoms with E-state index < -0.39 is 33.1 Å². The highest BCUT2D eigenvalue weighted by atomic mass is 32.2. The molecule has 0 saturated heterocycles. The van der Waals surface area contributed by atoms with Crippen LogP contribution in [0.4, 0.5) is 0 Å². The van der Waals surface area contributed by atoms with E-state index in [1.807, 2.05) is 0 Å². The lowest BCUT2D eigenvalue weighted by molar-refractivity contribution is -0.128. The molecule has 0 aromatic heterocycles. The molecule has 0 amide bonds. The second-order valence-corrected chi connectivity index (χ2v) is 4.26. The van der Waals surface area contributed by atoms with Crippen LogP contribution in [0.25, 0.3) is 0 Å². The number of carbonyl (C=O) groups is 1. The molecule has 0 aliphatic heterocycles. The maximum Gasteiger partial charge on any atom is 0.275 e. The van der Waals surface area contributed by atoms with Crippen LogP contribution < -0.4 is 5.73 Å². The first kappa shape index (κ1) is 8.63. The molecule has 1 fully saturated rings. The smallest absolute Gasteiger partial charge is 0.275 e. The largest absolute Gasteiger partial charge is 0.321 e. The maximum absolute atomic E-state index is 10.8. The Kier molecular flexibility index (Phi) is 1.78. The van der Waals surface area contributed by atoms with E-state index in [0.717, 1.165) is 0 Å². The number of hydrogen-bond acceptors (Lipinski definition) is 4. The standard InChI is InChI=1S/C5H9NO4S/c1-2-3(6)4(7)5(2)11(8,9)10/h2-3,5H,6H2,1H3,(H,8,9,10). The van der Waals surface area contributed by atoms with E-state index >= 15 is 0 Å². The molecule has 0 bridgehead atoms. The second kappa shape index (κ2) is 2.26. The molecule has 3 N–H and O–H groups in total. The summed E-state index contributed by atoms with van der Waals surface area (Å²) >= 11 is 0. The highest BCUT2D eigenvalue weighted by molar-refractivity contribution is 7.87. The fourth-order valence-corrected chi connectivity index (χ4v) is 2.36. The normalized spacial score (nSPS) is 38.5. The lowest BCUT2D eigenvalue weighted by Crippen LogP contribution is -2.62. The highest BCUT2D eigenvalue weighted by Gasteiger charge is 2.51. The topological polar surface area (TPSA) is 97.5 Å². The number of carbonyl (C=O) groups excluding carboxylic acids is 1. The predicted octanol–water partition coefficient (Wildman–Crippen LogP) is -1.21. The molecule has 11 heavy (non-hydrogen) atoms. The molecule has 1 saturated carbocycles. The Balaban J connectivity index is 2.88. The van der Waals surface area contributed by atoms with Crippen molar-refractivity contribution in [1.82, 2.24) is 0 Å². The van der Waals surface area contributed by atoms with Crippen molar-refractivity contribution in [3.8, 4) is 0 Å². The molecule has 3 unspecified atom stereocenters. The van der Waals surface area contributed by atoms with Gasteiger partial charge in [0.15, 0.2) is 11.0 Å². The molecular formula is C5H9NO4S. The minimum absolute atomic E-state index is 0.475. The van der Waals surface area contributed by atoms with Crippen molar-refractivity contribution in [3.63, 3.8) is 0 Å². The van der Waals surface area contributed by atoms with Gasteiger partial charge in [-0.15, -0.1) is 0 Å². The second-order valence-electron chi connectivity index (χ2n) is 2.72. The van der Waals surface area contributed by atoms with Crippen LogP contribution in [0.3, 0.4) is 0 Å². The van der Waals surface area contributed by atoms with E-state index in [4.69, 9.17) is 10.3 Å². The van der Waals surface area contributed by atoms with E-state index in [-0.39, 0.29) is 0 Å².